The van der Waals surface area contributed by atoms with Crippen molar-refractivity contribution < 1.29 is 14.6 Å². The van der Waals surface area contributed by atoms with Crippen LogP contribution in [0.2, 0.25) is 0 Å². The number of H-pyrrole nitrogens is 1. The fourth-order valence-electron chi connectivity index (χ4n) is 3.36. The number of nitrogens with one attached hydrogen (secondary N) is 2. The zero-order chi connectivity index (χ0) is 19.1. The van der Waals surface area contributed by atoms with Crippen LogP contribution in [0, 0.1) is 0 Å². The summed E-state index contributed by atoms with van der Waals surface area (Å²) in [6, 6.07) is 13.0. The van der Waals surface area contributed by atoms with Gasteiger partial charge in [0.05, 0.1) is 23.9 Å². The third-order valence-electron chi connectivity index (χ3n) is 5.07. The van der Waals surface area contributed by atoms with Crippen LogP contribution in [0.4, 0.5) is 0 Å². The molecule has 2 aromatic rings. The van der Waals surface area contributed by atoms with Gasteiger partial charge in [-0.25, -0.2) is 0 Å². The van der Waals surface area contributed by atoms with Crippen molar-refractivity contribution in [2.45, 2.75) is 43.8 Å². The summed E-state index contributed by atoms with van der Waals surface area (Å²) in [7, 11) is 0. The number of aromatic amines is 1. The van der Waals surface area contributed by atoms with Gasteiger partial charge in [-0.2, -0.15) is 0 Å². The van der Waals surface area contributed by atoms with Gasteiger partial charge in [-0.1, -0.05) is 30.3 Å². The van der Waals surface area contributed by atoms with E-state index in [1.807, 2.05) is 18.2 Å². The van der Waals surface area contributed by atoms with Crippen LogP contribution in [0.15, 0.2) is 53.5 Å². The predicted molar refractivity (Wildman–Crippen MR) is 103 cm³/mol. The van der Waals surface area contributed by atoms with Crippen LogP contribution in [0.1, 0.15) is 41.6 Å². The largest absolute Gasteiger partial charge is 0.388 e. The number of ether oxygens (including phenoxy) is 1. The standard InChI is InChI=1S/C21H26N2O4/c24-19-7-6-17(14-22-19)20(25)23-15-21(26)11-8-18(9-12-21)27-13-10-16-4-2-1-3-5-16/h1-7,14,18,26H,8-13,15H2,(H,22,24)(H,23,25). The number of benzene rings is 1. The number of carbonyl (C=O) groups is 1. The van der Waals surface area contributed by atoms with Crippen LogP contribution in [-0.2, 0) is 11.2 Å². The molecule has 0 saturated heterocycles. The molecule has 6 nitrogen and oxygen atoms in total. The van der Waals surface area contributed by atoms with Gasteiger partial charge >= 0.3 is 0 Å². The van der Waals surface area contributed by atoms with Gasteiger partial charge in [0.1, 0.15) is 0 Å². The Balaban J connectivity index is 1.39. The summed E-state index contributed by atoms with van der Waals surface area (Å²) in [4.78, 5) is 25.6. The second-order valence-corrected chi connectivity index (χ2v) is 7.15. The molecule has 1 amide bonds. The van der Waals surface area contributed by atoms with Crippen molar-refractivity contribution in [3.63, 3.8) is 0 Å². The summed E-state index contributed by atoms with van der Waals surface area (Å²) in [5, 5.41) is 13.5. The molecule has 1 heterocycles. The van der Waals surface area contributed by atoms with Crippen LogP contribution in [0.5, 0.6) is 0 Å². The summed E-state index contributed by atoms with van der Waals surface area (Å²) in [5.41, 5.74) is 0.471. The Morgan fingerprint density at radius 2 is 1.93 bits per heavy atom. The van der Waals surface area contributed by atoms with Gasteiger partial charge in [0.25, 0.3) is 5.91 Å². The van der Waals surface area contributed by atoms with E-state index in [2.05, 4.69) is 22.4 Å². The lowest BCUT2D eigenvalue weighted by atomic mass is 9.83. The van der Waals surface area contributed by atoms with E-state index in [-0.39, 0.29) is 24.1 Å². The number of rotatable bonds is 7. The zero-order valence-corrected chi connectivity index (χ0v) is 15.3. The predicted octanol–water partition coefficient (Wildman–Crippen LogP) is 2.04. The maximum atomic E-state index is 12.1. The summed E-state index contributed by atoms with van der Waals surface area (Å²) in [6.07, 6.45) is 5.16. The molecule has 1 fully saturated rings. The van der Waals surface area contributed by atoms with E-state index in [4.69, 9.17) is 4.74 Å². The minimum absolute atomic E-state index is 0.156. The van der Waals surface area contributed by atoms with Gasteiger partial charge in [-0.05, 0) is 43.7 Å². The normalized spacial score (nSPS) is 22.3. The van der Waals surface area contributed by atoms with Crippen molar-refractivity contribution in [1.82, 2.24) is 10.3 Å². The third-order valence-corrected chi connectivity index (χ3v) is 5.07. The lowest BCUT2D eigenvalue weighted by molar-refractivity contribution is -0.0528. The summed E-state index contributed by atoms with van der Waals surface area (Å²) >= 11 is 0. The molecule has 0 bridgehead atoms. The van der Waals surface area contributed by atoms with E-state index in [1.54, 1.807) is 0 Å². The number of carbonyl (C=O) groups excluding carboxylic acids is 1. The lowest BCUT2D eigenvalue weighted by Gasteiger charge is -2.36. The Labute approximate surface area is 158 Å². The highest BCUT2D eigenvalue weighted by atomic mass is 16.5. The smallest absolute Gasteiger partial charge is 0.252 e. The number of aliphatic hydroxyl groups is 1. The summed E-state index contributed by atoms with van der Waals surface area (Å²) in [6.45, 7) is 0.873. The van der Waals surface area contributed by atoms with Crippen molar-refractivity contribution in [1.29, 1.82) is 0 Å². The molecule has 6 heteroatoms. The van der Waals surface area contributed by atoms with Gasteiger partial charge in [0.2, 0.25) is 5.56 Å². The van der Waals surface area contributed by atoms with Gasteiger partial charge in [0, 0.05) is 18.8 Å². The van der Waals surface area contributed by atoms with Crippen molar-refractivity contribution in [2.24, 2.45) is 0 Å². The highest BCUT2D eigenvalue weighted by Gasteiger charge is 2.33. The molecule has 1 aliphatic carbocycles. The second-order valence-electron chi connectivity index (χ2n) is 7.15. The van der Waals surface area contributed by atoms with E-state index in [9.17, 15) is 14.7 Å². The number of aromatic nitrogens is 1. The summed E-state index contributed by atoms with van der Waals surface area (Å²) in [5.74, 6) is -0.305. The maximum absolute atomic E-state index is 12.1. The molecule has 27 heavy (non-hydrogen) atoms. The van der Waals surface area contributed by atoms with Crippen molar-refractivity contribution in [3.05, 3.63) is 70.1 Å². The Bertz CT molecular complexity index is 775. The molecule has 0 aliphatic heterocycles. The molecule has 0 radical (unpaired) electrons. The van der Waals surface area contributed by atoms with E-state index < -0.39 is 5.60 Å². The van der Waals surface area contributed by atoms with Crippen LogP contribution in [0.25, 0.3) is 0 Å². The Kier molecular flexibility index (Phi) is 6.42. The fraction of sp³-hybridized carbons (Fsp3) is 0.429. The Morgan fingerprint density at radius 3 is 2.59 bits per heavy atom. The highest BCUT2D eigenvalue weighted by molar-refractivity contribution is 5.93. The molecule has 1 aromatic heterocycles. The molecule has 144 valence electrons. The molecule has 1 aliphatic rings. The topological polar surface area (TPSA) is 91.4 Å². The molecule has 0 spiro atoms. The Hall–Kier alpha value is -2.44. The van der Waals surface area contributed by atoms with Crippen LogP contribution >= 0.6 is 0 Å². The average Bonchev–Trinajstić information content (AvgIpc) is 2.69. The van der Waals surface area contributed by atoms with Crippen LogP contribution < -0.4 is 10.9 Å². The SMILES string of the molecule is O=C(NCC1(O)CCC(OCCc2ccccc2)CC1)c1ccc(=O)[nH]c1. The van der Waals surface area contributed by atoms with E-state index in [1.165, 1.54) is 23.9 Å². The van der Waals surface area contributed by atoms with Crippen molar-refractivity contribution in [2.75, 3.05) is 13.2 Å². The monoisotopic (exact) mass is 370 g/mol. The van der Waals surface area contributed by atoms with Crippen LogP contribution in [-0.4, -0.2) is 40.9 Å². The highest BCUT2D eigenvalue weighted by Crippen LogP contribution is 2.29. The average molecular weight is 370 g/mol. The third kappa shape index (κ3) is 5.77. The second kappa shape index (κ2) is 8.97. The Morgan fingerprint density at radius 1 is 1.19 bits per heavy atom. The number of pyridine rings is 1. The van der Waals surface area contributed by atoms with Gasteiger partial charge in [-0.3, -0.25) is 9.59 Å². The first-order chi connectivity index (χ1) is 13.0. The number of hydrogen-bond donors (Lipinski definition) is 3. The van der Waals surface area contributed by atoms with Crippen LogP contribution in [0.3, 0.4) is 0 Å². The minimum atomic E-state index is -0.906. The van der Waals surface area contributed by atoms with Gasteiger partial charge in [-0.15, -0.1) is 0 Å². The van der Waals surface area contributed by atoms with E-state index in [0.717, 1.165) is 19.3 Å². The first-order valence-electron chi connectivity index (χ1n) is 9.39. The molecule has 3 N–H and O–H groups in total. The first-order valence-corrected chi connectivity index (χ1v) is 9.39. The number of amides is 1. The summed E-state index contributed by atoms with van der Waals surface area (Å²) < 4.78 is 5.95. The zero-order valence-electron chi connectivity index (χ0n) is 15.3. The molecular formula is C21H26N2O4. The molecule has 1 aromatic carbocycles. The lowest BCUT2D eigenvalue weighted by Crippen LogP contribution is -2.46. The molecule has 0 atom stereocenters. The molecule has 1 saturated carbocycles. The van der Waals surface area contributed by atoms with Crippen molar-refractivity contribution in [3.8, 4) is 0 Å². The molecule has 0 unspecified atom stereocenters. The quantitative estimate of drug-likeness (QED) is 0.696. The minimum Gasteiger partial charge on any atom is -0.388 e. The van der Waals surface area contributed by atoms with Crippen molar-refractivity contribution >= 4 is 5.91 Å². The number of hydrogen-bond acceptors (Lipinski definition) is 4. The van der Waals surface area contributed by atoms with E-state index >= 15 is 0 Å². The first kappa shape index (κ1) is 19.3. The van der Waals surface area contributed by atoms with Gasteiger partial charge < -0.3 is 20.1 Å². The molecule has 3 rings (SSSR count). The van der Waals surface area contributed by atoms with E-state index in [0.29, 0.717) is 25.0 Å². The fourth-order valence-corrected chi connectivity index (χ4v) is 3.36. The van der Waals surface area contributed by atoms with Gasteiger partial charge in [0.15, 0.2) is 0 Å². The maximum Gasteiger partial charge on any atom is 0.252 e. The molecular weight excluding hydrogens is 344 g/mol.